The molecule has 2 heterocycles. The number of carbonyl (C=O) groups is 1. The van der Waals surface area contributed by atoms with Crippen LogP contribution in [0.5, 0.6) is 0 Å². The van der Waals surface area contributed by atoms with Gasteiger partial charge >= 0.3 is 18.7 Å². The van der Waals surface area contributed by atoms with E-state index in [1.807, 2.05) is 0 Å². The van der Waals surface area contributed by atoms with Gasteiger partial charge in [0.25, 0.3) is 0 Å². The molecule has 0 aliphatic rings. The van der Waals surface area contributed by atoms with Gasteiger partial charge in [-0.15, -0.1) is 5.10 Å². The number of esters is 1. The quantitative estimate of drug-likeness (QED) is 0.641. The van der Waals surface area contributed by atoms with Crippen molar-refractivity contribution in [1.82, 2.24) is 19.6 Å². The van der Waals surface area contributed by atoms with Gasteiger partial charge in [-0.05, 0) is 6.92 Å². The molecule has 2 aromatic rings. The number of nitrogens with zero attached hydrogens (tertiary/aromatic N) is 4. The fourth-order valence-corrected chi connectivity index (χ4v) is 1.70. The van der Waals surface area contributed by atoms with E-state index in [9.17, 15) is 26.7 Å². The smallest absolute Gasteiger partial charge is 0.434 e. The molecule has 0 amide bonds. The number of alkyl halides is 5. The molecule has 0 aliphatic heterocycles. The first-order valence-electron chi connectivity index (χ1n) is 5.91. The Kier molecular flexibility index (Phi) is 4.15. The fourth-order valence-electron chi connectivity index (χ4n) is 1.70. The summed E-state index contributed by atoms with van der Waals surface area (Å²) in [5, 5.41) is 6.69. The largest absolute Gasteiger partial charge is 0.462 e. The minimum Gasteiger partial charge on any atom is -0.462 e. The van der Waals surface area contributed by atoms with Gasteiger partial charge in [0.05, 0.1) is 12.8 Å². The average Bonchev–Trinajstić information content (AvgIpc) is 3.04. The lowest BCUT2D eigenvalue weighted by Crippen LogP contribution is -2.19. The summed E-state index contributed by atoms with van der Waals surface area (Å²) < 4.78 is 69.3. The molecule has 0 saturated carbocycles. The zero-order valence-electron chi connectivity index (χ0n) is 11.0. The topological polar surface area (TPSA) is 61.9 Å². The fraction of sp³-hybridized carbons (Fsp3) is 0.364. The van der Waals surface area contributed by atoms with E-state index >= 15 is 0 Å². The molecule has 0 aliphatic carbocycles. The number of carbonyl (C=O) groups excluding carboxylic acids is 1. The van der Waals surface area contributed by atoms with Crippen LogP contribution in [0.1, 0.15) is 29.5 Å². The third-order valence-corrected chi connectivity index (χ3v) is 2.54. The van der Waals surface area contributed by atoms with Crippen LogP contribution in [0, 0.1) is 0 Å². The summed E-state index contributed by atoms with van der Waals surface area (Å²) >= 11 is 0. The van der Waals surface area contributed by atoms with Crippen LogP contribution in [0.2, 0.25) is 0 Å². The summed E-state index contributed by atoms with van der Waals surface area (Å²) in [7, 11) is 0. The summed E-state index contributed by atoms with van der Waals surface area (Å²) in [6.07, 6.45) is -3.50. The Hall–Kier alpha value is -2.46. The van der Waals surface area contributed by atoms with E-state index in [0.29, 0.717) is 6.20 Å². The van der Waals surface area contributed by atoms with Gasteiger partial charge in [-0.3, -0.25) is 0 Å². The molecular formula is C11H9F5N4O2. The number of hydrogen-bond acceptors (Lipinski definition) is 4. The Bertz CT molecular complexity index is 676. The average molecular weight is 324 g/mol. The summed E-state index contributed by atoms with van der Waals surface area (Å²) in [4.78, 5) is 11.5. The number of halogens is 5. The molecule has 0 aromatic carbocycles. The molecule has 0 spiro atoms. The van der Waals surface area contributed by atoms with E-state index in [2.05, 4.69) is 14.9 Å². The van der Waals surface area contributed by atoms with Crippen molar-refractivity contribution in [2.24, 2.45) is 0 Å². The van der Waals surface area contributed by atoms with Crippen molar-refractivity contribution in [3.63, 3.8) is 0 Å². The third kappa shape index (κ3) is 2.92. The zero-order chi connectivity index (χ0) is 16.5. The van der Waals surface area contributed by atoms with Gasteiger partial charge in [-0.1, -0.05) is 0 Å². The standard InChI is InChI=1S/C11H9F5N4O2/c1-2-22-9(21)6-5-17-20(8(6)11(14,15)16)7-3-4-19(18-7)10(12)13/h3-5,10H,2H2,1H3. The van der Waals surface area contributed by atoms with Crippen LogP contribution in [0.15, 0.2) is 18.5 Å². The second kappa shape index (κ2) is 5.73. The Morgan fingerprint density at radius 2 is 2.09 bits per heavy atom. The van der Waals surface area contributed by atoms with Gasteiger partial charge in [-0.2, -0.15) is 27.1 Å². The van der Waals surface area contributed by atoms with E-state index in [1.165, 1.54) is 6.92 Å². The minimum atomic E-state index is -4.95. The molecule has 2 rings (SSSR count). The Morgan fingerprint density at radius 3 is 2.59 bits per heavy atom. The number of aromatic nitrogens is 4. The molecule has 0 N–H and O–H groups in total. The highest BCUT2D eigenvalue weighted by atomic mass is 19.4. The van der Waals surface area contributed by atoms with Gasteiger partial charge in [0.15, 0.2) is 11.5 Å². The lowest BCUT2D eigenvalue weighted by molar-refractivity contribution is -0.143. The van der Waals surface area contributed by atoms with Gasteiger partial charge in [0.2, 0.25) is 0 Å². The SMILES string of the molecule is CCOC(=O)c1cnn(-c2ccn(C(F)F)n2)c1C(F)(F)F. The second-order valence-electron chi connectivity index (χ2n) is 3.97. The van der Waals surface area contributed by atoms with Crippen molar-refractivity contribution in [2.75, 3.05) is 6.61 Å². The predicted molar refractivity (Wildman–Crippen MR) is 61.6 cm³/mol. The van der Waals surface area contributed by atoms with Gasteiger partial charge in [-0.25, -0.2) is 14.2 Å². The van der Waals surface area contributed by atoms with Crippen LogP contribution in [0.4, 0.5) is 22.0 Å². The van der Waals surface area contributed by atoms with Crippen LogP contribution in [-0.2, 0) is 10.9 Å². The maximum atomic E-state index is 13.1. The van der Waals surface area contributed by atoms with Crippen molar-refractivity contribution in [1.29, 1.82) is 0 Å². The monoisotopic (exact) mass is 324 g/mol. The molecule has 0 fully saturated rings. The summed E-state index contributed by atoms with van der Waals surface area (Å²) in [5.74, 6) is -1.71. The first-order chi connectivity index (χ1) is 10.3. The first kappa shape index (κ1) is 15.9. The van der Waals surface area contributed by atoms with E-state index in [-0.39, 0.29) is 16.0 Å². The van der Waals surface area contributed by atoms with Crippen LogP contribution in [0.25, 0.3) is 5.82 Å². The highest BCUT2D eigenvalue weighted by Crippen LogP contribution is 2.33. The minimum absolute atomic E-state index is 0.124. The van der Waals surface area contributed by atoms with Crippen LogP contribution in [-0.4, -0.2) is 32.1 Å². The van der Waals surface area contributed by atoms with Crippen molar-refractivity contribution in [3.8, 4) is 5.82 Å². The molecule has 0 radical (unpaired) electrons. The van der Waals surface area contributed by atoms with Crippen LogP contribution >= 0.6 is 0 Å². The Morgan fingerprint density at radius 1 is 1.41 bits per heavy atom. The second-order valence-corrected chi connectivity index (χ2v) is 3.97. The third-order valence-electron chi connectivity index (χ3n) is 2.54. The van der Waals surface area contributed by atoms with Crippen molar-refractivity contribution in [2.45, 2.75) is 19.6 Å². The summed E-state index contributed by atoms with van der Waals surface area (Å²) in [5.41, 5.74) is -2.26. The molecule has 0 unspecified atom stereocenters. The lowest BCUT2D eigenvalue weighted by Gasteiger charge is -2.10. The van der Waals surface area contributed by atoms with E-state index < -0.39 is 35.8 Å². The van der Waals surface area contributed by atoms with E-state index in [1.54, 1.807) is 0 Å². The van der Waals surface area contributed by atoms with Crippen LogP contribution in [0.3, 0.4) is 0 Å². The number of ether oxygens (including phenoxy) is 1. The maximum Gasteiger partial charge on any atom is 0.434 e. The highest BCUT2D eigenvalue weighted by molar-refractivity contribution is 5.90. The molecule has 6 nitrogen and oxygen atoms in total. The van der Waals surface area contributed by atoms with Crippen molar-refractivity contribution in [3.05, 3.63) is 29.7 Å². The maximum absolute atomic E-state index is 13.1. The molecular weight excluding hydrogens is 315 g/mol. The van der Waals surface area contributed by atoms with Crippen LogP contribution < -0.4 is 0 Å². The normalized spacial score (nSPS) is 12.0. The Balaban J connectivity index is 2.54. The molecule has 22 heavy (non-hydrogen) atoms. The lowest BCUT2D eigenvalue weighted by atomic mass is 10.2. The highest BCUT2D eigenvalue weighted by Gasteiger charge is 2.41. The molecule has 0 bridgehead atoms. The number of hydrogen-bond donors (Lipinski definition) is 0. The summed E-state index contributed by atoms with van der Waals surface area (Å²) in [6, 6.07) is 0.920. The molecule has 11 heteroatoms. The first-order valence-corrected chi connectivity index (χ1v) is 5.91. The van der Waals surface area contributed by atoms with Crippen molar-refractivity contribution < 1.29 is 31.5 Å². The molecule has 0 atom stereocenters. The van der Waals surface area contributed by atoms with Gasteiger partial charge < -0.3 is 4.74 Å². The van der Waals surface area contributed by atoms with Crippen molar-refractivity contribution >= 4 is 5.97 Å². The molecule has 0 saturated heterocycles. The zero-order valence-corrected chi connectivity index (χ0v) is 11.0. The molecule has 120 valence electrons. The van der Waals surface area contributed by atoms with Gasteiger partial charge in [0, 0.05) is 12.3 Å². The van der Waals surface area contributed by atoms with E-state index in [4.69, 9.17) is 0 Å². The van der Waals surface area contributed by atoms with Gasteiger partial charge in [0.1, 0.15) is 5.56 Å². The predicted octanol–water partition coefficient (Wildman–Crippen LogP) is 2.66. The molecule has 2 aromatic heterocycles. The Labute approximate surface area is 120 Å². The number of rotatable bonds is 4. The summed E-state index contributed by atoms with van der Waals surface area (Å²) in [6.45, 7) is -1.70. The van der Waals surface area contributed by atoms with E-state index in [0.717, 1.165) is 12.3 Å².